The summed E-state index contributed by atoms with van der Waals surface area (Å²) in [4.78, 5) is 9.92. The zero-order valence-electron chi connectivity index (χ0n) is 10.7. The number of nitrogens with zero attached hydrogens (tertiary/aromatic N) is 1. The third-order valence-corrected chi connectivity index (χ3v) is 2.79. The minimum absolute atomic E-state index is 0.112. The van der Waals surface area contributed by atoms with E-state index in [0.717, 1.165) is 12.1 Å². The second kappa shape index (κ2) is 6.25. The van der Waals surface area contributed by atoms with Gasteiger partial charge in [0.15, 0.2) is 0 Å². The molecule has 0 aliphatic heterocycles. The Morgan fingerprint density at radius 2 is 1.95 bits per heavy atom. The predicted molar refractivity (Wildman–Crippen MR) is 71.8 cm³/mol. The lowest BCUT2D eigenvalue weighted by Gasteiger charge is -2.08. The third kappa shape index (κ3) is 3.95. The second-order valence-electron chi connectivity index (χ2n) is 4.35. The van der Waals surface area contributed by atoms with Crippen LogP contribution in [-0.2, 0) is 6.54 Å². The molecule has 0 saturated heterocycles. The summed E-state index contributed by atoms with van der Waals surface area (Å²) in [5.41, 5.74) is 0.294. The number of halogens is 3. The highest BCUT2D eigenvalue weighted by Gasteiger charge is 2.10. The summed E-state index contributed by atoms with van der Waals surface area (Å²) in [5, 5.41) is 13.4. The number of nitro groups is 1. The first kappa shape index (κ1) is 14.8. The van der Waals surface area contributed by atoms with Gasteiger partial charge in [-0.15, -0.1) is 0 Å². The minimum atomic E-state index is -2.57. The van der Waals surface area contributed by atoms with Crippen LogP contribution in [0.4, 0.5) is 24.5 Å². The van der Waals surface area contributed by atoms with Gasteiger partial charge < -0.3 is 5.32 Å². The molecule has 0 radical (unpaired) electrons. The molecule has 1 N–H and O–H groups in total. The minimum Gasteiger partial charge on any atom is -0.381 e. The van der Waals surface area contributed by atoms with E-state index in [-0.39, 0.29) is 23.5 Å². The largest absolute Gasteiger partial charge is 0.381 e. The van der Waals surface area contributed by atoms with Crippen molar-refractivity contribution in [3.63, 3.8) is 0 Å². The van der Waals surface area contributed by atoms with Crippen LogP contribution in [0, 0.1) is 15.9 Å². The van der Waals surface area contributed by atoms with Gasteiger partial charge in [-0.05, 0) is 17.7 Å². The normalized spacial score (nSPS) is 10.7. The maximum Gasteiger partial charge on any atom is 0.274 e. The summed E-state index contributed by atoms with van der Waals surface area (Å²) in [7, 11) is 0. The lowest BCUT2D eigenvalue weighted by molar-refractivity contribution is -0.385. The van der Waals surface area contributed by atoms with Gasteiger partial charge in [0.05, 0.1) is 11.0 Å². The Labute approximate surface area is 118 Å². The highest BCUT2D eigenvalue weighted by atomic mass is 19.3. The molecule has 7 heteroatoms. The quantitative estimate of drug-likeness (QED) is 0.661. The molecule has 0 aliphatic carbocycles. The fraction of sp³-hybridized carbons (Fsp3) is 0.143. The molecule has 0 heterocycles. The Morgan fingerprint density at radius 1 is 1.19 bits per heavy atom. The highest BCUT2D eigenvalue weighted by molar-refractivity contribution is 5.51. The Morgan fingerprint density at radius 3 is 2.62 bits per heavy atom. The average Bonchev–Trinajstić information content (AvgIpc) is 2.45. The van der Waals surface area contributed by atoms with Crippen LogP contribution in [0.1, 0.15) is 17.6 Å². The maximum atomic E-state index is 13.2. The van der Waals surface area contributed by atoms with Crippen LogP contribution >= 0.6 is 0 Å². The van der Waals surface area contributed by atoms with Gasteiger partial charge in [-0.1, -0.05) is 18.2 Å². The Balaban J connectivity index is 2.13. The molecule has 0 spiro atoms. The summed E-state index contributed by atoms with van der Waals surface area (Å²) >= 11 is 0. The van der Waals surface area contributed by atoms with E-state index in [4.69, 9.17) is 0 Å². The molecule has 0 aromatic heterocycles. The van der Waals surface area contributed by atoms with E-state index < -0.39 is 17.2 Å². The molecular weight excluding hydrogens is 285 g/mol. The van der Waals surface area contributed by atoms with Crippen molar-refractivity contribution in [3.05, 3.63) is 69.5 Å². The Kier molecular flexibility index (Phi) is 4.42. The van der Waals surface area contributed by atoms with E-state index in [1.165, 1.54) is 24.3 Å². The van der Waals surface area contributed by atoms with Crippen molar-refractivity contribution in [1.82, 2.24) is 0 Å². The van der Waals surface area contributed by atoms with E-state index in [0.29, 0.717) is 5.56 Å². The molecule has 21 heavy (non-hydrogen) atoms. The summed E-state index contributed by atoms with van der Waals surface area (Å²) < 4.78 is 38.4. The third-order valence-electron chi connectivity index (χ3n) is 2.79. The van der Waals surface area contributed by atoms with E-state index in [1.54, 1.807) is 6.07 Å². The smallest absolute Gasteiger partial charge is 0.274 e. The second-order valence-corrected chi connectivity index (χ2v) is 4.35. The van der Waals surface area contributed by atoms with E-state index in [9.17, 15) is 23.3 Å². The molecule has 0 saturated carbocycles. The van der Waals surface area contributed by atoms with Crippen molar-refractivity contribution in [3.8, 4) is 0 Å². The molecular formula is C14H11F3N2O2. The molecule has 4 nitrogen and oxygen atoms in total. The van der Waals surface area contributed by atoms with Crippen LogP contribution in [0.5, 0.6) is 0 Å². The lowest BCUT2D eigenvalue weighted by Crippen LogP contribution is -2.01. The number of nitrogens with one attached hydrogen (secondary N) is 1. The number of hydrogen-bond donors (Lipinski definition) is 1. The van der Waals surface area contributed by atoms with E-state index >= 15 is 0 Å². The molecule has 0 fully saturated rings. The maximum absolute atomic E-state index is 13.2. The number of rotatable bonds is 5. The van der Waals surface area contributed by atoms with Gasteiger partial charge in [0.25, 0.3) is 12.1 Å². The standard InChI is InChI=1S/C14H11F3N2O2/c15-11-5-12(7-13(6-11)19(20)21)18-8-9-2-1-3-10(4-9)14(16)17/h1-7,14,18H,8H2. The van der Waals surface area contributed by atoms with Crippen LogP contribution < -0.4 is 5.32 Å². The van der Waals surface area contributed by atoms with Crippen molar-refractivity contribution in [2.75, 3.05) is 5.32 Å². The number of non-ortho nitro benzene ring substituents is 1. The molecule has 0 bridgehead atoms. The SMILES string of the molecule is O=[N+]([O-])c1cc(F)cc(NCc2cccc(C(F)F)c2)c1. The highest BCUT2D eigenvalue weighted by Crippen LogP contribution is 2.22. The van der Waals surface area contributed by atoms with Crippen molar-refractivity contribution < 1.29 is 18.1 Å². The number of alkyl halides is 2. The van der Waals surface area contributed by atoms with Gasteiger partial charge in [-0.3, -0.25) is 10.1 Å². The topological polar surface area (TPSA) is 55.2 Å². The van der Waals surface area contributed by atoms with Gasteiger partial charge in [-0.2, -0.15) is 0 Å². The van der Waals surface area contributed by atoms with Crippen LogP contribution in [0.25, 0.3) is 0 Å². The monoisotopic (exact) mass is 296 g/mol. The number of hydrogen-bond acceptors (Lipinski definition) is 3. The number of nitro benzene ring substituents is 1. The van der Waals surface area contributed by atoms with Crippen LogP contribution in [0.2, 0.25) is 0 Å². The number of benzene rings is 2. The predicted octanol–water partition coefficient (Wildman–Crippen LogP) is 4.28. The summed E-state index contributed by atoms with van der Waals surface area (Å²) in [6.07, 6.45) is -2.57. The zero-order valence-corrected chi connectivity index (χ0v) is 10.7. The van der Waals surface area contributed by atoms with Crippen LogP contribution in [0.3, 0.4) is 0 Å². The fourth-order valence-electron chi connectivity index (χ4n) is 1.82. The Bertz CT molecular complexity index is 662. The molecule has 110 valence electrons. The van der Waals surface area contributed by atoms with E-state index in [2.05, 4.69) is 5.32 Å². The van der Waals surface area contributed by atoms with Gasteiger partial charge in [0.2, 0.25) is 0 Å². The molecule has 2 aromatic rings. The van der Waals surface area contributed by atoms with Crippen molar-refractivity contribution >= 4 is 11.4 Å². The van der Waals surface area contributed by atoms with Crippen LogP contribution in [-0.4, -0.2) is 4.92 Å². The van der Waals surface area contributed by atoms with Crippen molar-refractivity contribution in [2.24, 2.45) is 0 Å². The molecule has 0 aliphatic rings. The zero-order chi connectivity index (χ0) is 15.4. The average molecular weight is 296 g/mol. The molecule has 2 aromatic carbocycles. The first-order valence-electron chi connectivity index (χ1n) is 6.01. The van der Waals surface area contributed by atoms with E-state index in [1.807, 2.05) is 0 Å². The first-order valence-corrected chi connectivity index (χ1v) is 6.01. The lowest BCUT2D eigenvalue weighted by atomic mass is 10.1. The molecule has 0 unspecified atom stereocenters. The van der Waals surface area contributed by atoms with Crippen molar-refractivity contribution in [2.45, 2.75) is 13.0 Å². The summed E-state index contributed by atoms with van der Waals surface area (Å²) in [6, 6.07) is 8.85. The first-order chi connectivity index (χ1) is 9.95. The number of anilines is 1. The van der Waals surface area contributed by atoms with Crippen LogP contribution in [0.15, 0.2) is 42.5 Å². The Hall–Kier alpha value is -2.57. The van der Waals surface area contributed by atoms with Gasteiger partial charge in [0.1, 0.15) is 5.82 Å². The summed E-state index contributed by atoms with van der Waals surface area (Å²) in [5.74, 6) is -0.743. The molecule has 0 amide bonds. The fourth-order valence-corrected chi connectivity index (χ4v) is 1.82. The van der Waals surface area contributed by atoms with Gasteiger partial charge >= 0.3 is 0 Å². The van der Waals surface area contributed by atoms with Crippen molar-refractivity contribution in [1.29, 1.82) is 0 Å². The van der Waals surface area contributed by atoms with Gasteiger partial charge in [0, 0.05) is 23.9 Å². The van der Waals surface area contributed by atoms with Gasteiger partial charge in [-0.25, -0.2) is 13.2 Å². The molecule has 0 atom stereocenters. The molecule has 2 rings (SSSR count). The summed E-state index contributed by atoms with van der Waals surface area (Å²) in [6.45, 7) is 0.154.